The molecule has 1 heterocycles. The highest BCUT2D eigenvalue weighted by Crippen LogP contribution is 2.03. The minimum atomic E-state index is 1.21. The van der Waals surface area contributed by atoms with Gasteiger partial charge in [-0.25, -0.2) is 0 Å². The van der Waals surface area contributed by atoms with Crippen molar-refractivity contribution in [1.29, 1.82) is 0 Å². The minimum absolute atomic E-state index is 1.21. The summed E-state index contributed by atoms with van der Waals surface area (Å²) in [6, 6.07) is 0. The first-order valence-corrected chi connectivity index (χ1v) is 7.15. The molecule has 0 aliphatic carbocycles. The second-order valence-corrected chi connectivity index (χ2v) is 5.10. The van der Waals surface area contributed by atoms with Gasteiger partial charge in [0.25, 0.3) is 0 Å². The van der Waals surface area contributed by atoms with Crippen LogP contribution in [0, 0.1) is 0 Å². The van der Waals surface area contributed by atoms with Crippen molar-refractivity contribution in [3.63, 3.8) is 0 Å². The van der Waals surface area contributed by atoms with Crippen LogP contribution in [0.2, 0.25) is 0 Å². The van der Waals surface area contributed by atoms with Gasteiger partial charge in [0.1, 0.15) is 0 Å². The van der Waals surface area contributed by atoms with Crippen LogP contribution in [-0.2, 0) is 0 Å². The number of thioether (sulfide) groups is 1. The van der Waals surface area contributed by atoms with Crippen LogP contribution in [0.25, 0.3) is 0 Å². The molecular weight excluding hydrogens is 192 g/mol. The predicted octanol–water partition coefficient (Wildman–Crippen LogP) is 1.86. The molecule has 2 nitrogen and oxygen atoms in total. The fraction of sp³-hybridized carbons (Fsp3) is 1.00. The molecule has 1 fully saturated rings. The van der Waals surface area contributed by atoms with Gasteiger partial charge in [-0.2, -0.15) is 11.8 Å². The molecule has 84 valence electrons. The summed E-state index contributed by atoms with van der Waals surface area (Å²) in [5, 5.41) is 7.01. The highest BCUT2D eigenvalue weighted by atomic mass is 32.2. The van der Waals surface area contributed by atoms with E-state index in [4.69, 9.17) is 0 Å². The molecule has 0 amide bonds. The smallest absolute Gasteiger partial charge is 0.00411 e. The molecule has 0 aromatic carbocycles. The van der Waals surface area contributed by atoms with Crippen LogP contribution >= 0.6 is 11.8 Å². The van der Waals surface area contributed by atoms with E-state index in [1.807, 2.05) is 0 Å². The summed E-state index contributed by atoms with van der Waals surface area (Å²) in [5.74, 6) is 2.65. The van der Waals surface area contributed by atoms with Crippen molar-refractivity contribution in [1.82, 2.24) is 10.6 Å². The summed E-state index contributed by atoms with van der Waals surface area (Å²) in [5.41, 5.74) is 0. The Kier molecular flexibility index (Phi) is 8.65. The molecule has 0 bridgehead atoms. The van der Waals surface area contributed by atoms with Crippen molar-refractivity contribution >= 4 is 11.8 Å². The van der Waals surface area contributed by atoms with Crippen LogP contribution < -0.4 is 10.6 Å². The van der Waals surface area contributed by atoms with Gasteiger partial charge < -0.3 is 10.6 Å². The maximum atomic E-state index is 3.51. The quantitative estimate of drug-likeness (QED) is 0.646. The molecule has 3 heteroatoms. The average molecular weight is 216 g/mol. The molecule has 1 aliphatic rings. The predicted molar refractivity (Wildman–Crippen MR) is 66.1 cm³/mol. The molecule has 0 saturated carbocycles. The molecule has 0 aromatic rings. The van der Waals surface area contributed by atoms with Gasteiger partial charge in [0.15, 0.2) is 0 Å². The molecule has 0 aromatic heterocycles. The molecule has 0 atom stereocenters. The second kappa shape index (κ2) is 9.81. The van der Waals surface area contributed by atoms with Crippen LogP contribution in [0.5, 0.6) is 0 Å². The zero-order chi connectivity index (χ0) is 9.90. The minimum Gasteiger partial charge on any atom is -0.317 e. The van der Waals surface area contributed by atoms with E-state index >= 15 is 0 Å². The summed E-state index contributed by atoms with van der Waals surface area (Å²) < 4.78 is 0. The molecule has 14 heavy (non-hydrogen) atoms. The Morgan fingerprint density at radius 3 is 1.64 bits per heavy atom. The number of nitrogens with one attached hydrogen (secondary N) is 2. The molecular formula is C11H24N2S. The monoisotopic (exact) mass is 216 g/mol. The van der Waals surface area contributed by atoms with E-state index < -0.39 is 0 Å². The van der Waals surface area contributed by atoms with Gasteiger partial charge in [-0.15, -0.1) is 0 Å². The molecule has 1 aliphatic heterocycles. The highest BCUT2D eigenvalue weighted by Gasteiger charge is 1.94. The first kappa shape index (κ1) is 12.3. The van der Waals surface area contributed by atoms with Crippen LogP contribution in [0.1, 0.15) is 32.1 Å². The van der Waals surface area contributed by atoms with Gasteiger partial charge >= 0.3 is 0 Å². The third-order valence-corrected chi connectivity index (χ3v) is 3.65. The number of hydrogen-bond donors (Lipinski definition) is 2. The Labute approximate surface area is 92.6 Å². The summed E-state index contributed by atoms with van der Waals surface area (Å²) in [6.07, 6.45) is 6.72. The maximum absolute atomic E-state index is 3.51. The Morgan fingerprint density at radius 2 is 1.07 bits per heavy atom. The molecule has 0 spiro atoms. The number of rotatable bonds is 0. The maximum Gasteiger partial charge on any atom is -0.00411 e. The lowest BCUT2D eigenvalue weighted by molar-refractivity contribution is 0.568. The Bertz CT molecular complexity index is 66.6. The van der Waals surface area contributed by atoms with Gasteiger partial charge in [-0.1, -0.05) is 6.42 Å². The van der Waals surface area contributed by atoms with Gasteiger partial charge in [-0.3, -0.25) is 0 Å². The van der Waals surface area contributed by atoms with E-state index in [9.17, 15) is 0 Å². The van der Waals surface area contributed by atoms with Crippen LogP contribution in [-0.4, -0.2) is 37.7 Å². The number of hydrogen-bond acceptors (Lipinski definition) is 3. The lowest BCUT2D eigenvalue weighted by Gasteiger charge is -2.08. The van der Waals surface area contributed by atoms with Gasteiger partial charge in [0, 0.05) is 0 Å². The van der Waals surface area contributed by atoms with Crippen LogP contribution in [0.15, 0.2) is 0 Å². The van der Waals surface area contributed by atoms with E-state index in [0.717, 1.165) is 0 Å². The van der Waals surface area contributed by atoms with Gasteiger partial charge in [0.2, 0.25) is 0 Å². The van der Waals surface area contributed by atoms with Crippen molar-refractivity contribution in [3.05, 3.63) is 0 Å². The first-order valence-electron chi connectivity index (χ1n) is 5.99. The topological polar surface area (TPSA) is 24.1 Å². The van der Waals surface area contributed by atoms with E-state index in [1.54, 1.807) is 0 Å². The Hall–Kier alpha value is 0.270. The second-order valence-electron chi connectivity index (χ2n) is 3.88. The Balaban J connectivity index is 2.00. The van der Waals surface area contributed by atoms with E-state index in [-0.39, 0.29) is 0 Å². The third kappa shape index (κ3) is 7.65. The molecule has 1 rings (SSSR count). The normalized spacial score (nSPS) is 24.0. The Morgan fingerprint density at radius 1 is 0.571 bits per heavy atom. The molecule has 2 N–H and O–H groups in total. The fourth-order valence-electron chi connectivity index (χ4n) is 1.63. The molecule has 0 radical (unpaired) electrons. The summed E-state index contributed by atoms with van der Waals surface area (Å²) in [4.78, 5) is 0. The van der Waals surface area contributed by atoms with E-state index in [1.165, 1.54) is 69.8 Å². The van der Waals surface area contributed by atoms with E-state index in [2.05, 4.69) is 22.4 Å². The fourth-order valence-corrected chi connectivity index (χ4v) is 2.53. The van der Waals surface area contributed by atoms with Gasteiger partial charge in [-0.05, 0) is 63.4 Å². The molecule has 0 unspecified atom stereocenters. The molecule has 1 saturated heterocycles. The zero-order valence-corrected chi connectivity index (χ0v) is 10.0. The standard InChI is InChI=1S/C11H24N2S/c1-2-6-12-8-4-10-14-11-5-9-13-7-3-1/h12-13H,1-11H2. The van der Waals surface area contributed by atoms with E-state index in [0.29, 0.717) is 0 Å². The summed E-state index contributed by atoms with van der Waals surface area (Å²) in [7, 11) is 0. The van der Waals surface area contributed by atoms with Crippen molar-refractivity contribution in [2.24, 2.45) is 0 Å². The van der Waals surface area contributed by atoms with Crippen molar-refractivity contribution < 1.29 is 0 Å². The largest absolute Gasteiger partial charge is 0.317 e. The van der Waals surface area contributed by atoms with Crippen LogP contribution in [0.3, 0.4) is 0 Å². The summed E-state index contributed by atoms with van der Waals surface area (Å²) in [6.45, 7) is 4.85. The zero-order valence-electron chi connectivity index (χ0n) is 9.19. The third-order valence-electron chi connectivity index (χ3n) is 2.49. The van der Waals surface area contributed by atoms with Gasteiger partial charge in [0.05, 0.1) is 0 Å². The van der Waals surface area contributed by atoms with Crippen molar-refractivity contribution in [2.75, 3.05) is 37.7 Å². The van der Waals surface area contributed by atoms with Crippen molar-refractivity contribution in [2.45, 2.75) is 32.1 Å². The summed E-state index contributed by atoms with van der Waals surface area (Å²) >= 11 is 2.10. The lowest BCUT2D eigenvalue weighted by Crippen LogP contribution is -2.20. The van der Waals surface area contributed by atoms with Crippen LogP contribution in [0.4, 0.5) is 0 Å². The van der Waals surface area contributed by atoms with Crippen molar-refractivity contribution in [3.8, 4) is 0 Å². The lowest BCUT2D eigenvalue weighted by atomic mass is 10.2. The first-order chi connectivity index (χ1) is 7.00. The highest BCUT2D eigenvalue weighted by molar-refractivity contribution is 7.99. The SMILES string of the molecule is C1CCNCCCSCCCNCC1. The average Bonchev–Trinajstić information content (AvgIpc) is 2.22.